The van der Waals surface area contributed by atoms with E-state index in [2.05, 4.69) is 47.6 Å². The molecule has 17 heavy (non-hydrogen) atoms. The molecule has 0 aromatic carbocycles. The first-order chi connectivity index (χ1) is 7.72. The minimum Gasteiger partial charge on any atom is -0.172 e. The Balaban J connectivity index is 3.00. The lowest BCUT2D eigenvalue weighted by molar-refractivity contribution is 0.132. The second kappa shape index (κ2) is 5.38. The molecule has 0 heterocycles. The molecule has 3 unspecified atom stereocenters. The summed E-state index contributed by atoms with van der Waals surface area (Å²) in [6.45, 7) is 14.0. The lowest BCUT2D eigenvalue weighted by Gasteiger charge is -2.50. The molecule has 0 bridgehead atoms. The fourth-order valence-electron chi connectivity index (χ4n) is 3.90. The van der Waals surface area contributed by atoms with E-state index in [1.165, 1.54) is 25.7 Å². The van der Waals surface area contributed by atoms with Crippen LogP contribution < -0.4 is 0 Å². The molecule has 0 aliphatic heterocycles. The van der Waals surface area contributed by atoms with Gasteiger partial charge in [0.2, 0.25) is 0 Å². The molecule has 100 valence electrons. The van der Waals surface area contributed by atoms with Crippen molar-refractivity contribution >= 4 is 12.6 Å². The van der Waals surface area contributed by atoms with Gasteiger partial charge in [0.15, 0.2) is 0 Å². The summed E-state index contributed by atoms with van der Waals surface area (Å²) in [5, 5.41) is 0. The van der Waals surface area contributed by atoms with Crippen molar-refractivity contribution in [3.8, 4) is 0 Å². The van der Waals surface area contributed by atoms with Crippen LogP contribution >= 0.6 is 12.6 Å². The Morgan fingerprint density at radius 2 is 2.12 bits per heavy atom. The van der Waals surface area contributed by atoms with Crippen LogP contribution in [-0.2, 0) is 0 Å². The van der Waals surface area contributed by atoms with E-state index in [1.54, 1.807) is 5.57 Å². The Labute approximate surface area is 114 Å². The summed E-state index contributed by atoms with van der Waals surface area (Å²) >= 11 is 5.09. The first-order valence-electron chi connectivity index (χ1n) is 7.12. The van der Waals surface area contributed by atoms with Gasteiger partial charge in [0, 0.05) is 4.75 Å². The first kappa shape index (κ1) is 15.1. The average molecular weight is 254 g/mol. The molecule has 0 aromatic heterocycles. The largest absolute Gasteiger partial charge is 0.172 e. The smallest absolute Gasteiger partial charge is 0.0163 e. The highest BCUT2D eigenvalue weighted by atomic mass is 32.1. The predicted octanol–water partition coefficient (Wildman–Crippen LogP) is 5.49. The highest BCUT2D eigenvalue weighted by molar-refractivity contribution is 7.81. The minimum absolute atomic E-state index is 0.152. The van der Waals surface area contributed by atoms with Crippen molar-refractivity contribution in [2.24, 2.45) is 17.3 Å². The number of rotatable bonds is 4. The van der Waals surface area contributed by atoms with E-state index in [9.17, 15) is 0 Å². The maximum atomic E-state index is 5.09. The van der Waals surface area contributed by atoms with Crippen LogP contribution in [0.3, 0.4) is 0 Å². The van der Waals surface area contributed by atoms with Crippen molar-refractivity contribution in [3.05, 3.63) is 11.6 Å². The van der Waals surface area contributed by atoms with E-state index in [0.717, 1.165) is 5.92 Å². The molecule has 0 saturated carbocycles. The lowest BCUT2D eigenvalue weighted by Crippen LogP contribution is -2.45. The highest BCUT2D eigenvalue weighted by Crippen LogP contribution is 2.53. The number of hydrogen-bond acceptors (Lipinski definition) is 1. The molecule has 0 fully saturated rings. The summed E-state index contributed by atoms with van der Waals surface area (Å²) in [7, 11) is 0. The van der Waals surface area contributed by atoms with Crippen molar-refractivity contribution < 1.29 is 0 Å². The molecule has 0 nitrogen and oxygen atoms in total. The van der Waals surface area contributed by atoms with E-state index < -0.39 is 0 Å². The van der Waals surface area contributed by atoms with Gasteiger partial charge in [0.05, 0.1) is 0 Å². The van der Waals surface area contributed by atoms with Gasteiger partial charge < -0.3 is 0 Å². The van der Waals surface area contributed by atoms with Crippen LogP contribution in [0.15, 0.2) is 11.6 Å². The van der Waals surface area contributed by atoms with E-state index in [0.29, 0.717) is 11.3 Å². The molecule has 1 aliphatic carbocycles. The summed E-state index contributed by atoms with van der Waals surface area (Å²) in [5.41, 5.74) is 1.95. The van der Waals surface area contributed by atoms with Crippen LogP contribution in [0.25, 0.3) is 0 Å². The molecule has 0 saturated heterocycles. The predicted molar refractivity (Wildman–Crippen MR) is 81.7 cm³/mol. The van der Waals surface area contributed by atoms with E-state index >= 15 is 0 Å². The van der Waals surface area contributed by atoms with Crippen molar-refractivity contribution in [1.82, 2.24) is 0 Å². The Morgan fingerprint density at radius 1 is 1.53 bits per heavy atom. The topological polar surface area (TPSA) is 0 Å². The molecule has 3 atom stereocenters. The average Bonchev–Trinajstić information content (AvgIpc) is 2.13. The van der Waals surface area contributed by atoms with E-state index in [-0.39, 0.29) is 4.75 Å². The molecule has 1 aliphatic rings. The highest BCUT2D eigenvalue weighted by Gasteiger charge is 2.46. The van der Waals surface area contributed by atoms with Crippen LogP contribution in [0.1, 0.15) is 67.2 Å². The van der Waals surface area contributed by atoms with E-state index in [1.807, 2.05) is 0 Å². The molecule has 0 spiro atoms. The zero-order valence-electron chi connectivity index (χ0n) is 12.5. The van der Waals surface area contributed by atoms with Crippen LogP contribution in [0.2, 0.25) is 0 Å². The number of allylic oxidation sites excluding steroid dienone is 2. The quantitative estimate of drug-likeness (QED) is 0.497. The Kier molecular flexibility index (Phi) is 4.80. The fraction of sp³-hybridized carbons (Fsp3) is 0.875. The SMILES string of the molecule is CCC1(C(C)(S)CC(C)C)CC(C)=CC(C)C1. The Bertz CT molecular complexity index is 288. The monoisotopic (exact) mass is 254 g/mol. The summed E-state index contributed by atoms with van der Waals surface area (Å²) in [5.74, 6) is 1.43. The van der Waals surface area contributed by atoms with Crippen LogP contribution in [0.5, 0.6) is 0 Å². The third kappa shape index (κ3) is 3.30. The molecule has 0 N–H and O–H groups in total. The van der Waals surface area contributed by atoms with Gasteiger partial charge in [-0.1, -0.05) is 46.3 Å². The van der Waals surface area contributed by atoms with Gasteiger partial charge in [-0.3, -0.25) is 0 Å². The van der Waals surface area contributed by atoms with Crippen molar-refractivity contribution in [2.75, 3.05) is 0 Å². The van der Waals surface area contributed by atoms with Gasteiger partial charge in [-0.15, -0.1) is 0 Å². The van der Waals surface area contributed by atoms with Crippen molar-refractivity contribution in [1.29, 1.82) is 0 Å². The second-order valence-corrected chi connectivity index (χ2v) is 7.86. The third-order valence-electron chi connectivity index (χ3n) is 4.52. The molecule has 0 radical (unpaired) electrons. The Morgan fingerprint density at radius 3 is 2.53 bits per heavy atom. The summed E-state index contributed by atoms with van der Waals surface area (Å²) in [6, 6.07) is 0. The molecular weight excluding hydrogens is 224 g/mol. The number of thiol groups is 1. The summed E-state index contributed by atoms with van der Waals surface area (Å²) in [6.07, 6.45) is 7.44. The molecule has 1 heteroatoms. The van der Waals surface area contributed by atoms with Crippen LogP contribution in [0.4, 0.5) is 0 Å². The lowest BCUT2D eigenvalue weighted by atomic mass is 9.60. The van der Waals surface area contributed by atoms with Gasteiger partial charge in [-0.05, 0) is 49.9 Å². The van der Waals surface area contributed by atoms with Crippen molar-refractivity contribution in [3.63, 3.8) is 0 Å². The molecular formula is C16H30S. The minimum atomic E-state index is 0.152. The van der Waals surface area contributed by atoms with Gasteiger partial charge >= 0.3 is 0 Å². The number of hydrogen-bond donors (Lipinski definition) is 1. The van der Waals surface area contributed by atoms with Gasteiger partial charge in [-0.2, -0.15) is 12.6 Å². The first-order valence-corrected chi connectivity index (χ1v) is 7.57. The molecule has 1 rings (SSSR count). The van der Waals surface area contributed by atoms with Crippen molar-refractivity contribution in [2.45, 2.75) is 72.0 Å². The zero-order chi connectivity index (χ0) is 13.3. The van der Waals surface area contributed by atoms with E-state index in [4.69, 9.17) is 12.6 Å². The normalized spacial score (nSPS) is 33.4. The summed E-state index contributed by atoms with van der Waals surface area (Å²) < 4.78 is 0.152. The Hall–Kier alpha value is 0.0900. The molecule has 0 amide bonds. The maximum Gasteiger partial charge on any atom is 0.0163 e. The van der Waals surface area contributed by atoms with Gasteiger partial charge in [0.1, 0.15) is 0 Å². The van der Waals surface area contributed by atoms with Gasteiger partial charge in [0.25, 0.3) is 0 Å². The van der Waals surface area contributed by atoms with Crippen LogP contribution in [0, 0.1) is 17.3 Å². The maximum absolute atomic E-state index is 5.09. The summed E-state index contributed by atoms with van der Waals surface area (Å²) in [4.78, 5) is 0. The fourth-order valence-corrected chi connectivity index (χ4v) is 4.59. The second-order valence-electron chi connectivity index (χ2n) is 6.88. The molecule has 0 aromatic rings. The van der Waals surface area contributed by atoms with Crippen LogP contribution in [-0.4, -0.2) is 4.75 Å². The standard InChI is InChI=1S/C16H30S/c1-7-16(15(6,17)9-12(2)3)10-13(4)8-14(5)11-16/h8,12-13,17H,7,9-11H2,1-6H3. The van der Waals surface area contributed by atoms with Gasteiger partial charge in [-0.25, -0.2) is 0 Å². The zero-order valence-corrected chi connectivity index (χ0v) is 13.4. The third-order valence-corrected chi connectivity index (χ3v) is 5.18.